The van der Waals surface area contributed by atoms with E-state index >= 15 is 0 Å². The molecule has 116 valence electrons. The van der Waals surface area contributed by atoms with Gasteiger partial charge in [-0.1, -0.05) is 36.8 Å². The first kappa shape index (κ1) is 17.2. The highest BCUT2D eigenvalue weighted by Gasteiger charge is 2.12. The second kappa shape index (κ2) is 9.13. The quantitative estimate of drug-likeness (QED) is 0.753. The van der Waals surface area contributed by atoms with E-state index in [9.17, 15) is 9.59 Å². The van der Waals surface area contributed by atoms with Crippen molar-refractivity contribution in [2.24, 2.45) is 0 Å². The minimum atomic E-state index is -0.0678. The molecule has 1 rings (SSSR count). The molecule has 0 aliphatic rings. The van der Waals surface area contributed by atoms with Crippen LogP contribution in [-0.4, -0.2) is 42.9 Å². The molecule has 21 heavy (non-hydrogen) atoms. The summed E-state index contributed by atoms with van der Waals surface area (Å²) in [5.41, 5.74) is 2.27. The van der Waals surface area contributed by atoms with Gasteiger partial charge in [0, 0.05) is 13.1 Å². The molecule has 5 nitrogen and oxygen atoms in total. The van der Waals surface area contributed by atoms with Gasteiger partial charge >= 0.3 is 0 Å². The van der Waals surface area contributed by atoms with E-state index in [0.29, 0.717) is 19.6 Å². The zero-order valence-electron chi connectivity index (χ0n) is 13.1. The predicted octanol–water partition coefficient (Wildman–Crippen LogP) is 1.07. The molecule has 2 amide bonds. The number of nitrogens with one attached hydrogen (secondary N) is 2. The summed E-state index contributed by atoms with van der Waals surface area (Å²) in [6, 6.07) is 8.05. The Kier molecular flexibility index (Phi) is 7.46. The summed E-state index contributed by atoms with van der Waals surface area (Å²) in [7, 11) is 0. The fraction of sp³-hybridized carbons (Fsp3) is 0.500. The molecule has 1 aromatic carbocycles. The molecule has 0 radical (unpaired) electrons. The van der Waals surface area contributed by atoms with Crippen molar-refractivity contribution < 1.29 is 9.59 Å². The van der Waals surface area contributed by atoms with Crippen LogP contribution in [0.1, 0.15) is 25.0 Å². The fourth-order valence-corrected chi connectivity index (χ4v) is 1.90. The van der Waals surface area contributed by atoms with Crippen LogP contribution in [0.25, 0.3) is 0 Å². The summed E-state index contributed by atoms with van der Waals surface area (Å²) in [6.45, 7) is 8.11. The Morgan fingerprint density at radius 3 is 2.10 bits per heavy atom. The molecule has 0 bridgehead atoms. The lowest BCUT2D eigenvalue weighted by Gasteiger charge is -2.19. The maximum absolute atomic E-state index is 11.9. The van der Waals surface area contributed by atoms with Crippen molar-refractivity contribution in [3.63, 3.8) is 0 Å². The first-order chi connectivity index (χ1) is 10.0. The third kappa shape index (κ3) is 6.90. The molecule has 0 heterocycles. The Morgan fingerprint density at radius 1 is 1.00 bits per heavy atom. The number of amides is 2. The summed E-state index contributed by atoms with van der Waals surface area (Å²) >= 11 is 0. The topological polar surface area (TPSA) is 61.4 Å². The smallest absolute Gasteiger partial charge is 0.234 e. The standard InChI is InChI=1S/C16H25N3O2/c1-4-17-15(20)11-19(5-2)12-16(21)18-10-14-8-6-13(3)7-9-14/h6-9H,4-5,10-12H2,1-3H3,(H,17,20)(H,18,21). The van der Waals surface area contributed by atoms with Crippen LogP contribution in [0.5, 0.6) is 0 Å². The van der Waals surface area contributed by atoms with Gasteiger partial charge in [0.05, 0.1) is 13.1 Å². The molecule has 2 N–H and O–H groups in total. The molecule has 5 heteroatoms. The molecule has 0 spiro atoms. The van der Waals surface area contributed by atoms with Gasteiger partial charge < -0.3 is 10.6 Å². The van der Waals surface area contributed by atoms with Gasteiger partial charge in [-0.25, -0.2) is 0 Å². The van der Waals surface area contributed by atoms with Crippen molar-refractivity contribution >= 4 is 11.8 Å². The van der Waals surface area contributed by atoms with Crippen molar-refractivity contribution in [2.45, 2.75) is 27.3 Å². The van der Waals surface area contributed by atoms with Crippen LogP contribution >= 0.6 is 0 Å². The molecule has 0 saturated carbocycles. The summed E-state index contributed by atoms with van der Waals surface area (Å²) < 4.78 is 0. The number of hydrogen-bond donors (Lipinski definition) is 2. The SMILES string of the molecule is CCNC(=O)CN(CC)CC(=O)NCc1ccc(C)cc1. The van der Waals surface area contributed by atoms with E-state index in [2.05, 4.69) is 10.6 Å². The van der Waals surface area contributed by atoms with E-state index in [-0.39, 0.29) is 24.9 Å². The van der Waals surface area contributed by atoms with Gasteiger partial charge in [-0.05, 0) is 26.0 Å². The molecule has 0 saturated heterocycles. The Balaban J connectivity index is 2.37. The zero-order valence-corrected chi connectivity index (χ0v) is 13.1. The Morgan fingerprint density at radius 2 is 1.57 bits per heavy atom. The van der Waals surface area contributed by atoms with Crippen LogP contribution in [0, 0.1) is 6.92 Å². The highest BCUT2D eigenvalue weighted by atomic mass is 16.2. The van der Waals surface area contributed by atoms with Crippen molar-refractivity contribution in [3.8, 4) is 0 Å². The van der Waals surface area contributed by atoms with Crippen molar-refractivity contribution in [2.75, 3.05) is 26.2 Å². The van der Waals surface area contributed by atoms with Gasteiger partial charge in [-0.3, -0.25) is 14.5 Å². The third-order valence-corrected chi connectivity index (χ3v) is 3.17. The average molecular weight is 291 g/mol. The van der Waals surface area contributed by atoms with Crippen LogP contribution in [0.2, 0.25) is 0 Å². The first-order valence-electron chi connectivity index (χ1n) is 7.36. The van der Waals surface area contributed by atoms with Crippen LogP contribution < -0.4 is 10.6 Å². The Labute approximate surface area is 126 Å². The molecule has 0 unspecified atom stereocenters. The molecule has 0 aliphatic heterocycles. The second-order valence-corrected chi connectivity index (χ2v) is 5.02. The van der Waals surface area contributed by atoms with Crippen molar-refractivity contribution in [3.05, 3.63) is 35.4 Å². The molecular formula is C16H25N3O2. The van der Waals surface area contributed by atoms with E-state index in [1.807, 2.05) is 49.9 Å². The lowest BCUT2D eigenvalue weighted by Crippen LogP contribution is -2.42. The van der Waals surface area contributed by atoms with E-state index in [1.165, 1.54) is 5.56 Å². The number of benzene rings is 1. The zero-order chi connectivity index (χ0) is 15.7. The van der Waals surface area contributed by atoms with Gasteiger partial charge in [0.2, 0.25) is 11.8 Å². The van der Waals surface area contributed by atoms with Gasteiger partial charge in [0.15, 0.2) is 0 Å². The van der Waals surface area contributed by atoms with E-state index in [0.717, 1.165) is 5.56 Å². The first-order valence-corrected chi connectivity index (χ1v) is 7.36. The number of carbonyl (C=O) groups is 2. The van der Waals surface area contributed by atoms with E-state index < -0.39 is 0 Å². The van der Waals surface area contributed by atoms with E-state index in [4.69, 9.17) is 0 Å². The lowest BCUT2D eigenvalue weighted by atomic mass is 10.1. The van der Waals surface area contributed by atoms with E-state index in [1.54, 1.807) is 0 Å². The number of nitrogens with zero attached hydrogens (tertiary/aromatic N) is 1. The van der Waals surface area contributed by atoms with Crippen LogP contribution in [0.3, 0.4) is 0 Å². The highest BCUT2D eigenvalue weighted by Crippen LogP contribution is 2.02. The predicted molar refractivity (Wildman–Crippen MR) is 83.8 cm³/mol. The molecule has 0 atom stereocenters. The number of rotatable bonds is 8. The van der Waals surface area contributed by atoms with Gasteiger partial charge in [-0.2, -0.15) is 0 Å². The monoisotopic (exact) mass is 291 g/mol. The van der Waals surface area contributed by atoms with Crippen LogP contribution in [-0.2, 0) is 16.1 Å². The maximum atomic E-state index is 11.9. The average Bonchev–Trinajstić information content (AvgIpc) is 2.46. The Hall–Kier alpha value is -1.88. The normalized spacial score (nSPS) is 10.5. The summed E-state index contributed by atoms with van der Waals surface area (Å²) in [5, 5.41) is 5.61. The largest absolute Gasteiger partial charge is 0.355 e. The molecule has 0 fully saturated rings. The number of aryl methyl sites for hydroxylation is 1. The number of likely N-dealkylation sites (N-methyl/N-ethyl adjacent to an activating group) is 2. The number of carbonyl (C=O) groups excluding carboxylic acids is 2. The van der Waals surface area contributed by atoms with Crippen LogP contribution in [0.15, 0.2) is 24.3 Å². The fourth-order valence-electron chi connectivity index (χ4n) is 1.90. The molecule has 0 aliphatic carbocycles. The summed E-state index contributed by atoms with van der Waals surface area (Å²) in [4.78, 5) is 25.2. The highest BCUT2D eigenvalue weighted by molar-refractivity contribution is 5.81. The number of hydrogen-bond acceptors (Lipinski definition) is 3. The second-order valence-electron chi connectivity index (χ2n) is 5.02. The maximum Gasteiger partial charge on any atom is 0.234 e. The van der Waals surface area contributed by atoms with Gasteiger partial charge in [0.1, 0.15) is 0 Å². The molecular weight excluding hydrogens is 266 g/mol. The Bertz CT molecular complexity index is 457. The summed E-state index contributed by atoms with van der Waals surface area (Å²) in [5.74, 6) is -0.118. The van der Waals surface area contributed by atoms with Crippen LogP contribution in [0.4, 0.5) is 0 Å². The van der Waals surface area contributed by atoms with Gasteiger partial charge in [0.25, 0.3) is 0 Å². The minimum absolute atomic E-state index is 0.0503. The third-order valence-electron chi connectivity index (χ3n) is 3.17. The molecule has 0 aromatic heterocycles. The molecule has 1 aromatic rings. The summed E-state index contributed by atoms with van der Waals surface area (Å²) in [6.07, 6.45) is 0. The lowest BCUT2D eigenvalue weighted by molar-refractivity contribution is -0.125. The van der Waals surface area contributed by atoms with Gasteiger partial charge in [-0.15, -0.1) is 0 Å². The van der Waals surface area contributed by atoms with Crippen molar-refractivity contribution in [1.29, 1.82) is 0 Å². The van der Waals surface area contributed by atoms with Crippen molar-refractivity contribution in [1.82, 2.24) is 15.5 Å². The minimum Gasteiger partial charge on any atom is -0.355 e.